The molecule has 0 aliphatic heterocycles. The van der Waals surface area contributed by atoms with E-state index in [1.807, 2.05) is 43.3 Å². The standard InChI is InChI=1S/C22H20N6O2/c1-14-11-18(15-7-4-3-5-8-15)28(27-14)20-12-17(24-13-25-20)21(26-23)16-9-6-10-19(30-2)22(16)29/h3-13,29H,23H2,1-2H3/b26-21+. The molecule has 8 heteroatoms. The fraction of sp³-hybridized carbons (Fsp3) is 0.0909. The molecule has 0 saturated heterocycles. The molecule has 4 aromatic rings. The quantitative estimate of drug-likeness (QED) is 0.303. The Labute approximate surface area is 173 Å². The monoisotopic (exact) mass is 400 g/mol. The molecule has 0 aliphatic carbocycles. The van der Waals surface area contributed by atoms with Crippen molar-refractivity contribution in [3.05, 3.63) is 83.9 Å². The number of phenols is 1. The molecule has 2 heterocycles. The van der Waals surface area contributed by atoms with Crippen molar-refractivity contribution in [1.82, 2.24) is 19.7 Å². The van der Waals surface area contributed by atoms with Gasteiger partial charge >= 0.3 is 0 Å². The summed E-state index contributed by atoms with van der Waals surface area (Å²) in [5.41, 5.74) is 3.91. The molecular weight excluding hydrogens is 380 g/mol. The normalized spacial score (nSPS) is 11.5. The number of hydrogen-bond acceptors (Lipinski definition) is 7. The van der Waals surface area contributed by atoms with Gasteiger partial charge in [0.2, 0.25) is 0 Å². The van der Waals surface area contributed by atoms with Crippen molar-refractivity contribution < 1.29 is 9.84 Å². The summed E-state index contributed by atoms with van der Waals surface area (Å²) in [6, 6.07) is 18.7. The highest BCUT2D eigenvalue weighted by atomic mass is 16.5. The molecule has 0 fully saturated rings. The van der Waals surface area contributed by atoms with Crippen LogP contribution < -0.4 is 10.6 Å². The van der Waals surface area contributed by atoms with Gasteiger partial charge in [-0.05, 0) is 25.1 Å². The second-order valence-corrected chi connectivity index (χ2v) is 6.54. The first-order valence-electron chi connectivity index (χ1n) is 9.21. The number of rotatable bonds is 5. The SMILES string of the molecule is COc1cccc(/C(=N\N)c2cc(-n3nc(C)cc3-c3ccccc3)ncn2)c1O. The first kappa shape index (κ1) is 19.1. The molecular formula is C22H20N6O2. The Morgan fingerprint density at radius 3 is 2.60 bits per heavy atom. The van der Waals surface area contributed by atoms with Gasteiger partial charge in [0, 0.05) is 17.2 Å². The van der Waals surface area contributed by atoms with Crippen LogP contribution in [0.15, 0.2) is 72.1 Å². The first-order valence-corrected chi connectivity index (χ1v) is 9.21. The predicted octanol–water partition coefficient (Wildman–Crippen LogP) is 3.06. The Bertz CT molecular complexity index is 1220. The number of benzene rings is 2. The molecule has 0 atom stereocenters. The van der Waals surface area contributed by atoms with Crippen LogP contribution in [0.2, 0.25) is 0 Å². The zero-order valence-electron chi connectivity index (χ0n) is 16.5. The summed E-state index contributed by atoms with van der Waals surface area (Å²) >= 11 is 0. The topological polar surface area (TPSA) is 111 Å². The predicted molar refractivity (Wildman–Crippen MR) is 114 cm³/mol. The first-order chi connectivity index (χ1) is 14.6. The van der Waals surface area contributed by atoms with Gasteiger partial charge in [0.25, 0.3) is 0 Å². The molecule has 3 N–H and O–H groups in total. The Hall–Kier alpha value is -4.20. The fourth-order valence-corrected chi connectivity index (χ4v) is 3.23. The highest BCUT2D eigenvalue weighted by Gasteiger charge is 2.18. The third kappa shape index (κ3) is 3.46. The van der Waals surface area contributed by atoms with Gasteiger partial charge in [-0.15, -0.1) is 0 Å². The van der Waals surface area contributed by atoms with Crippen LogP contribution >= 0.6 is 0 Å². The number of aryl methyl sites for hydroxylation is 1. The van der Waals surface area contributed by atoms with Gasteiger partial charge in [0.05, 0.1) is 24.2 Å². The summed E-state index contributed by atoms with van der Waals surface area (Å²) < 4.78 is 6.93. The van der Waals surface area contributed by atoms with Crippen LogP contribution in [0.5, 0.6) is 11.5 Å². The number of methoxy groups -OCH3 is 1. The summed E-state index contributed by atoms with van der Waals surface area (Å²) in [5, 5.41) is 19.0. The number of nitrogens with zero attached hydrogens (tertiary/aromatic N) is 5. The molecule has 0 aliphatic rings. The van der Waals surface area contributed by atoms with Crippen molar-refractivity contribution in [3.63, 3.8) is 0 Å². The van der Waals surface area contributed by atoms with Crippen LogP contribution in [0.25, 0.3) is 17.1 Å². The molecule has 2 aromatic carbocycles. The van der Waals surface area contributed by atoms with E-state index in [0.717, 1.165) is 17.0 Å². The second kappa shape index (κ2) is 8.04. The molecule has 0 radical (unpaired) electrons. The number of para-hydroxylation sites is 1. The molecule has 2 aromatic heterocycles. The van der Waals surface area contributed by atoms with Gasteiger partial charge < -0.3 is 15.7 Å². The fourth-order valence-electron chi connectivity index (χ4n) is 3.23. The molecule has 0 amide bonds. The Morgan fingerprint density at radius 2 is 1.87 bits per heavy atom. The molecule has 0 unspecified atom stereocenters. The molecule has 8 nitrogen and oxygen atoms in total. The Kier molecular flexibility index (Phi) is 5.13. The van der Waals surface area contributed by atoms with Crippen molar-refractivity contribution in [3.8, 4) is 28.6 Å². The Morgan fingerprint density at radius 1 is 1.07 bits per heavy atom. The van der Waals surface area contributed by atoms with Gasteiger partial charge in [0.1, 0.15) is 12.0 Å². The number of aromatic nitrogens is 4. The van der Waals surface area contributed by atoms with E-state index in [9.17, 15) is 5.11 Å². The second-order valence-electron chi connectivity index (χ2n) is 6.54. The van der Waals surface area contributed by atoms with Crippen LogP contribution in [0.1, 0.15) is 17.0 Å². The molecule has 0 spiro atoms. The van der Waals surface area contributed by atoms with Gasteiger partial charge in [-0.2, -0.15) is 10.2 Å². The minimum atomic E-state index is -0.0655. The summed E-state index contributed by atoms with van der Waals surface area (Å²) in [7, 11) is 1.48. The van der Waals surface area contributed by atoms with E-state index in [1.54, 1.807) is 28.9 Å². The minimum Gasteiger partial charge on any atom is -0.504 e. The largest absolute Gasteiger partial charge is 0.504 e. The van der Waals surface area contributed by atoms with E-state index in [2.05, 4.69) is 20.2 Å². The van der Waals surface area contributed by atoms with E-state index in [-0.39, 0.29) is 5.75 Å². The van der Waals surface area contributed by atoms with E-state index in [0.29, 0.717) is 28.5 Å². The van der Waals surface area contributed by atoms with E-state index in [1.165, 1.54) is 13.4 Å². The molecule has 30 heavy (non-hydrogen) atoms. The van der Waals surface area contributed by atoms with Crippen molar-refractivity contribution in [2.24, 2.45) is 10.9 Å². The van der Waals surface area contributed by atoms with Crippen molar-refractivity contribution in [2.75, 3.05) is 7.11 Å². The highest BCUT2D eigenvalue weighted by Crippen LogP contribution is 2.31. The lowest BCUT2D eigenvalue weighted by molar-refractivity contribution is 0.373. The number of aromatic hydroxyl groups is 1. The smallest absolute Gasteiger partial charge is 0.167 e. The van der Waals surface area contributed by atoms with E-state index < -0.39 is 0 Å². The lowest BCUT2D eigenvalue weighted by atomic mass is 10.1. The summed E-state index contributed by atoms with van der Waals surface area (Å²) in [5.74, 6) is 6.47. The number of nitrogens with two attached hydrogens (primary N) is 1. The van der Waals surface area contributed by atoms with Gasteiger partial charge in [-0.25, -0.2) is 14.6 Å². The van der Waals surface area contributed by atoms with Crippen molar-refractivity contribution >= 4 is 5.71 Å². The van der Waals surface area contributed by atoms with Crippen LogP contribution in [0.4, 0.5) is 0 Å². The zero-order valence-corrected chi connectivity index (χ0v) is 16.5. The molecule has 4 rings (SSSR count). The maximum absolute atomic E-state index is 10.5. The number of hydrogen-bond donors (Lipinski definition) is 2. The van der Waals surface area contributed by atoms with E-state index >= 15 is 0 Å². The van der Waals surface area contributed by atoms with E-state index in [4.69, 9.17) is 10.6 Å². The van der Waals surface area contributed by atoms with Gasteiger partial charge in [0.15, 0.2) is 17.3 Å². The van der Waals surface area contributed by atoms with Crippen LogP contribution in [-0.4, -0.2) is 37.7 Å². The zero-order chi connectivity index (χ0) is 21.1. The molecule has 150 valence electrons. The van der Waals surface area contributed by atoms with Crippen LogP contribution in [0, 0.1) is 6.92 Å². The summed E-state index contributed by atoms with van der Waals surface area (Å²) in [6.45, 7) is 1.92. The average molecular weight is 400 g/mol. The number of phenolic OH excluding ortho intramolecular Hbond substituents is 1. The lowest BCUT2D eigenvalue weighted by Gasteiger charge is -2.11. The lowest BCUT2D eigenvalue weighted by Crippen LogP contribution is -2.12. The average Bonchev–Trinajstić information content (AvgIpc) is 3.18. The third-order valence-electron chi connectivity index (χ3n) is 4.62. The maximum atomic E-state index is 10.5. The number of ether oxygens (including phenoxy) is 1. The van der Waals surface area contributed by atoms with Crippen molar-refractivity contribution in [1.29, 1.82) is 0 Å². The Balaban J connectivity index is 1.81. The molecule has 0 bridgehead atoms. The van der Waals surface area contributed by atoms with Crippen LogP contribution in [-0.2, 0) is 0 Å². The van der Waals surface area contributed by atoms with Crippen LogP contribution in [0.3, 0.4) is 0 Å². The minimum absolute atomic E-state index is 0.0655. The maximum Gasteiger partial charge on any atom is 0.167 e. The van der Waals surface area contributed by atoms with Gasteiger partial charge in [-0.1, -0.05) is 36.4 Å². The van der Waals surface area contributed by atoms with Crippen molar-refractivity contribution in [2.45, 2.75) is 6.92 Å². The third-order valence-corrected chi connectivity index (χ3v) is 4.62. The summed E-state index contributed by atoms with van der Waals surface area (Å²) in [4.78, 5) is 8.69. The molecule has 0 saturated carbocycles. The highest BCUT2D eigenvalue weighted by molar-refractivity contribution is 6.13. The summed E-state index contributed by atoms with van der Waals surface area (Å²) in [6.07, 6.45) is 1.42. The number of hydrazone groups is 1. The van der Waals surface area contributed by atoms with Gasteiger partial charge in [-0.3, -0.25) is 0 Å².